The summed E-state index contributed by atoms with van der Waals surface area (Å²) in [7, 11) is 0. The number of benzene rings is 2. The minimum atomic E-state index is -1.29. The van der Waals surface area contributed by atoms with Crippen LogP contribution in [0.4, 0.5) is 5.69 Å². The van der Waals surface area contributed by atoms with Gasteiger partial charge in [0.15, 0.2) is 5.78 Å². The van der Waals surface area contributed by atoms with Crippen LogP contribution >= 0.6 is 0 Å². The number of hydrogen-bond donors (Lipinski definition) is 1. The first kappa shape index (κ1) is 16.4. The van der Waals surface area contributed by atoms with Gasteiger partial charge in [-0.1, -0.05) is 42.0 Å². The molecule has 0 unspecified atom stereocenters. The Morgan fingerprint density at radius 2 is 1.61 bits per heavy atom. The fourth-order valence-corrected chi connectivity index (χ4v) is 2.08. The molecule has 5 nitrogen and oxygen atoms in total. The first-order valence-corrected chi connectivity index (χ1v) is 7.17. The molecule has 0 bridgehead atoms. The van der Waals surface area contributed by atoms with E-state index in [1.807, 2.05) is 19.1 Å². The Morgan fingerprint density at radius 1 is 0.957 bits per heavy atom. The maximum Gasteiger partial charge on any atom is 0.224 e. The lowest BCUT2D eigenvalue weighted by molar-refractivity contribution is -0.305. The lowest BCUT2D eigenvalue weighted by atomic mass is 10.0. The SMILES string of the molecule is Cc1ccc(C(=O)c2ccccc2NC(=O)CCC(=O)[O-])cc1. The first-order valence-electron chi connectivity index (χ1n) is 7.17. The molecule has 0 heterocycles. The normalized spacial score (nSPS) is 10.1. The number of ketones is 1. The highest BCUT2D eigenvalue weighted by Gasteiger charge is 2.14. The highest BCUT2D eigenvalue weighted by Crippen LogP contribution is 2.20. The quantitative estimate of drug-likeness (QED) is 0.823. The molecule has 0 aliphatic carbocycles. The van der Waals surface area contributed by atoms with Gasteiger partial charge in [-0.25, -0.2) is 0 Å². The van der Waals surface area contributed by atoms with Crippen molar-refractivity contribution in [3.05, 3.63) is 65.2 Å². The molecular weight excluding hydrogens is 294 g/mol. The van der Waals surface area contributed by atoms with Crippen molar-refractivity contribution >= 4 is 23.3 Å². The maximum absolute atomic E-state index is 12.6. The second-order valence-corrected chi connectivity index (χ2v) is 5.16. The minimum Gasteiger partial charge on any atom is -0.550 e. The Kier molecular flexibility index (Phi) is 5.25. The average Bonchev–Trinajstić information content (AvgIpc) is 2.53. The number of hydrogen-bond acceptors (Lipinski definition) is 4. The summed E-state index contributed by atoms with van der Waals surface area (Å²) in [6.07, 6.45) is -0.560. The highest BCUT2D eigenvalue weighted by atomic mass is 16.4. The van der Waals surface area contributed by atoms with Crippen LogP contribution in [0.5, 0.6) is 0 Å². The number of para-hydroxylation sites is 1. The van der Waals surface area contributed by atoms with Gasteiger partial charge in [-0.15, -0.1) is 0 Å². The summed E-state index contributed by atoms with van der Waals surface area (Å²) in [5.41, 5.74) is 2.29. The molecule has 1 N–H and O–H groups in total. The lowest BCUT2D eigenvalue weighted by Gasteiger charge is -2.11. The van der Waals surface area contributed by atoms with E-state index < -0.39 is 11.9 Å². The van der Waals surface area contributed by atoms with Crippen LogP contribution in [0.15, 0.2) is 48.5 Å². The van der Waals surface area contributed by atoms with Gasteiger partial charge in [0.25, 0.3) is 0 Å². The van der Waals surface area contributed by atoms with Crippen LogP contribution in [0.25, 0.3) is 0 Å². The van der Waals surface area contributed by atoms with E-state index in [2.05, 4.69) is 5.32 Å². The van der Waals surface area contributed by atoms with Gasteiger partial charge in [-0.2, -0.15) is 0 Å². The number of carbonyl (C=O) groups is 3. The summed E-state index contributed by atoms with van der Waals surface area (Å²) in [6, 6.07) is 13.8. The van der Waals surface area contributed by atoms with Crippen molar-refractivity contribution < 1.29 is 19.5 Å². The van der Waals surface area contributed by atoms with Gasteiger partial charge >= 0.3 is 0 Å². The highest BCUT2D eigenvalue weighted by molar-refractivity contribution is 6.13. The Labute approximate surface area is 134 Å². The lowest BCUT2D eigenvalue weighted by Crippen LogP contribution is -2.24. The molecule has 0 aromatic heterocycles. The molecule has 0 saturated heterocycles. The molecule has 1 amide bonds. The van der Waals surface area contributed by atoms with Crippen LogP contribution < -0.4 is 10.4 Å². The van der Waals surface area contributed by atoms with Crippen LogP contribution in [0.3, 0.4) is 0 Å². The fourth-order valence-electron chi connectivity index (χ4n) is 2.08. The number of carbonyl (C=O) groups excluding carboxylic acids is 3. The predicted octanol–water partition coefficient (Wildman–Crippen LogP) is 1.69. The molecule has 5 heteroatoms. The third kappa shape index (κ3) is 4.51. The molecule has 0 saturated carbocycles. The third-order valence-corrected chi connectivity index (χ3v) is 3.32. The van der Waals surface area contributed by atoms with Crippen LogP contribution in [0, 0.1) is 6.92 Å². The zero-order valence-electron chi connectivity index (χ0n) is 12.7. The monoisotopic (exact) mass is 310 g/mol. The van der Waals surface area contributed by atoms with E-state index in [9.17, 15) is 19.5 Å². The largest absolute Gasteiger partial charge is 0.550 e. The second-order valence-electron chi connectivity index (χ2n) is 5.16. The molecule has 0 aliphatic rings. The summed E-state index contributed by atoms with van der Waals surface area (Å²) in [6.45, 7) is 1.93. The number of aryl methyl sites for hydroxylation is 1. The van der Waals surface area contributed by atoms with E-state index in [0.717, 1.165) is 5.56 Å². The second kappa shape index (κ2) is 7.35. The molecule has 2 rings (SSSR count). The van der Waals surface area contributed by atoms with Gasteiger partial charge in [-0.3, -0.25) is 9.59 Å². The van der Waals surface area contributed by atoms with E-state index in [1.54, 1.807) is 36.4 Å². The number of aliphatic carboxylic acids is 1. The summed E-state index contributed by atoms with van der Waals surface area (Å²) >= 11 is 0. The Hall–Kier alpha value is -2.95. The number of carboxylic acid groups (broad SMARTS) is 1. The van der Waals surface area contributed by atoms with E-state index in [-0.39, 0.29) is 18.6 Å². The van der Waals surface area contributed by atoms with Gasteiger partial charge in [0, 0.05) is 23.5 Å². The van der Waals surface area contributed by atoms with Gasteiger partial charge in [0.05, 0.1) is 5.69 Å². The van der Waals surface area contributed by atoms with E-state index in [1.165, 1.54) is 0 Å². The van der Waals surface area contributed by atoms with Gasteiger partial charge < -0.3 is 15.2 Å². The van der Waals surface area contributed by atoms with Crippen LogP contribution in [-0.4, -0.2) is 17.7 Å². The molecule has 0 atom stereocenters. The number of amides is 1. The summed E-state index contributed by atoms with van der Waals surface area (Å²) < 4.78 is 0. The number of nitrogens with one attached hydrogen (secondary N) is 1. The van der Waals surface area contributed by atoms with Crippen molar-refractivity contribution in [1.82, 2.24) is 0 Å². The van der Waals surface area contributed by atoms with Crippen LogP contribution in [0.1, 0.15) is 34.3 Å². The van der Waals surface area contributed by atoms with Crippen molar-refractivity contribution in [1.29, 1.82) is 0 Å². The van der Waals surface area contributed by atoms with E-state index in [0.29, 0.717) is 16.8 Å². The topological polar surface area (TPSA) is 86.3 Å². The van der Waals surface area contributed by atoms with Crippen LogP contribution in [-0.2, 0) is 9.59 Å². The maximum atomic E-state index is 12.6. The number of carboxylic acids is 1. The molecule has 2 aromatic carbocycles. The number of anilines is 1. The van der Waals surface area contributed by atoms with Crippen molar-refractivity contribution in [2.45, 2.75) is 19.8 Å². The van der Waals surface area contributed by atoms with Gasteiger partial charge in [-0.05, 0) is 25.5 Å². The number of rotatable bonds is 6. The predicted molar refractivity (Wildman–Crippen MR) is 83.9 cm³/mol. The molecule has 2 aromatic rings. The van der Waals surface area contributed by atoms with E-state index in [4.69, 9.17) is 0 Å². The third-order valence-electron chi connectivity index (χ3n) is 3.32. The Balaban J connectivity index is 2.20. The van der Waals surface area contributed by atoms with Crippen LogP contribution in [0.2, 0.25) is 0 Å². The average molecular weight is 310 g/mol. The molecule has 23 heavy (non-hydrogen) atoms. The first-order chi connectivity index (χ1) is 11.0. The zero-order chi connectivity index (χ0) is 16.8. The van der Waals surface area contributed by atoms with Crippen molar-refractivity contribution in [3.8, 4) is 0 Å². The molecule has 118 valence electrons. The summed E-state index contributed by atoms with van der Waals surface area (Å²) in [5.74, 6) is -1.97. The van der Waals surface area contributed by atoms with Gasteiger partial charge in [0.1, 0.15) is 0 Å². The van der Waals surface area contributed by atoms with E-state index >= 15 is 0 Å². The summed E-state index contributed by atoms with van der Waals surface area (Å²) in [5, 5.41) is 13.0. The van der Waals surface area contributed by atoms with Crippen molar-refractivity contribution in [3.63, 3.8) is 0 Å². The Bertz CT molecular complexity index is 735. The van der Waals surface area contributed by atoms with Gasteiger partial charge in [0.2, 0.25) is 5.91 Å². The summed E-state index contributed by atoms with van der Waals surface area (Å²) in [4.78, 5) is 34.7. The molecule has 0 radical (unpaired) electrons. The molecule has 0 fully saturated rings. The molecule has 0 aliphatic heterocycles. The smallest absolute Gasteiger partial charge is 0.224 e. The minimum absolute atomic E-state index is 0.199. The zero-order valence-corrected chi connectivity index (χ0v) is 12.7. The molecule has 0 spiro atoms. The van der Waals surface area contributed by atoms with Crippen molar-refractivity contribution in [2.24, 2.45) is 0 Å². The Morgan fingerprint density at radius 3 is 2.26 bits per heavy atom. The standard InChI is InChI=1S/C18H17NO4/c1-12-6-8-13(9-7-12)18(23)14-4-2-3-5-15(14)19-16(20)10-11-17(21)22/h2-9H,10-11H2,1H3,(H,19,20)(H,21,22)/p-1. The fraction of sp³-hybridized carbons (Fsp3) is 0.167. The molecular formula is C18H16NO4-. The van der Waals surface area contributed by atoms with Crippen molar-refractivity contribution in [2.75, 3.05) is 5.32 Å².